The highest BCUT2D eigenvalue weighted by Gasteiger charge is 1.89. The zero-order valence-corrected chi connectivity index (χ0v) is 11.9. The van der Waals surface area contributed by atoms with Crippen LogP contribution in [0.2, 0.25) is 0 Å². The summed E-state index contributed by atoms with van der Waals surface area (Å²) < 4.78 is 4.54. The first-order valence-electron chi connectivity index (χ1n) is 7.31. The second kappa shape index (κ2) is 16.0. The molecule has 1 radical (unpaired) electrons. The Hall–Kier alpha value is -0.980. The Morgan fingerprint density at radius 3 is 2.06 bits per heavy atom. The van der Waals surface area contributed by atoms with Crippen LogP contribution in [-0.2, 0) is 4.74 Å². The fourth-order valence-corrected chi connectivity index (χ4v) is 1.80. The van der Waals surface area contributed by atoms with Crippen molar-refractivity contribution in [1.29, 1.82) is 0 Å². The van der Waals surface area contributed by atoms with Crippen molar-refractivity contribution in [3.8, 4) is 0 Å². The van der Waals surface area contributed by atoms with Crippen LogP contribution in [0, 0.1) is 7.11 Å². The molecule has 0 aliphatic rings. The molecular weight excluding hydrogens is 220 g/mol. The molecule has 0 heterocycles. The van der Waals surface area contributed by atoms with Gasteiger partial charge in [0.2, 0.25) is 0 Å². The first-order valence-corrected chi connectivity index (χ1v) is 7.31. The van der Waals surface area contributed by atoms with E-state index < -0.39 is 0 Å². The Kier molecular flexibility index (Phi) is 15.1. The molecule has 0 saturated carbocycles. The van der Waals surface area contributed by atoms with Gasteiger partial charge in [0.1, 0.15) is 7.11 Å². The van der Waals surface area contributed by atoms with Crippen LogP contribution in [0.1, 0.15) is 64.7 Å². The summed E-state index contributed by atoms with van der Waals surface area (Å²) >= 11 is 0. The molecule has 0 amide bonds. The lowest BCUT2D eigenvalue weighted by Crippen LogP contribution is -1.79. The second-order valence-electron chi connectivity index (χ2n) is 4.57. The summed E-state index contributed by atoms with van der Waals surface area (Å²) in [5.74, 6) is 0. The molecule has 0 aliphatic heterocycles. The summed E-state index contributed by atoms with van der Waals surface area (Å²) in [7, 11) is 3.25. The highest BCUT2D eigenvalue weighted by molar-refractivity contribution is 5.09. The lowest BCUT2D eigenvalue weighted by Gasteiger charge is -1.99. The molecule has 0 bridgehead atoms. The van der Waals surface area contributed by atoms with Crippen LogP contribution >= 0.6 is 0 Å². The monoisotopic (exact) mass is 249 g/mol. The molecule has 1 nitrogen and oxygen atoms in total. The van der Waals surface area contributed by atoms with Gasteiger partial charge in [-0.2, -0.15) is 0 Å². The summed E-state index contributed by atoms with van der Waals surface area (Å²) in [6, 6.07) is 0. The van der Waals surface area contributed by atoms with Crippen LogP contribution in [0.4, 0.5) is 0 Å². The lowest BCUT2D eigenvalue weighted by atomic mass is 10.1. The van der Waals surface area contributed by atoms with E-state index in [1.54, 1.807) is 6.26 Å². The van der Waals surface area contributed by atoms with Gasteiger partial charge in [-0.1, -0.05) is 76.2 Å². The Morgan fingerprint density at radius 2 is 1.39 bits per heavy atom. The molecule has 0 aliphatic carbocycles. The van der Waals surface area contributed by atoms with Gasteiger partial charge >= 0.3 is 0 Å². The van der Waals surface area contributed by atoms with E-state index in [0.29, 0.717) is 0 Å². The van der Waals surface area contributed by atoms with Crippen LogP contribution in [-0.4, -0.2) is 0 Å². The maximum atomic E-state index is 4.54. The number of hydrogen-bond acceptors (Lipinski definition) is 1. The highest BCUT2D eigenvalue weighted by Crippen LogP contribution is 2.09. The predicted octanol–water partition coefficient (Wildman–Crippen LogP) is 5.95. The van der Waals surface area contributed by atoms with Crippen molar-refractivity contribution in [3.63, 3.8) is 0 Å². The summed E-state index contributed by atoms with van der Waals surface area (Å²) in [6.07, 6.45) is 23.9. The molecule has 0 atom stereocenters. The fourth-order valence-electron chi connectivity index (χ4n) is 1.80. The van der Waals surface area contributed by atoms with Gasteiger partial charge < -0.3 is 4.74 Å². The quantitative estimate of drug-likeness (QED) is 0.236. The van der Waals surface area contributed by atoms with Crippen molar-refractivity contribution in [2.24, 2.45) is 0 Å². The zero-order chi connectivity index (χ0) is 13.3. The third-order valence-corrected chi connectivity index (χ3v) is 2.87. The molecule has 0 aromatic rings. The Bertz CT molecular complexity index is 226. The summed E-state index contributed by atoms with van der Waals surface area (Å²) in [5.41, 5.74) is 0. The molecule has 18 heavy (non-hydrogen) atoms. The minimum Gasteiger partial charge on any atom is -0.498 e. The van der Waals surface area contributed by atoms with Gasteiger partial charge in [0, 0.05) is 0 Å². The van der Waals surface area contributed by atoms with Crippen LogP contribution in [0.3, 0.4) is 0 Å². The molecule has 0 aromatic heterocycles. The van der Waals surface area contributed by atoms with E-state index in [2.05, 4.69) is 30.9 Å². The highest BCUT2D eigenvalue weighted by atomic mass is 16.5. The molecule has 0 saturated heterocycles. The third-order valence-electron chi connectivity index (χ3n) is 2.87. The average molecular weight is 249 g/mol. The smallest absolute Gasteiger partial charge is 0.121 e. The number of unbranched alkanes of at least 4 members (excludes halogenated alkanes) is 8. The normalized spacial score (nSPS) is 12.1. The van der Waals surface area contributed by atoms with E-state index in [1.807, 2.05) is 18.2 Å². The van der Waals surface area contributed by atoms with Crippen LogP contribution in [0.5, 0.6) is 0 Å². The maximum absolute atomic E-state index is 4.54. The zero-order valence-electron chi connectivity index (χ0n) is 11.9. The number of allylic oxidation sites excluding steroid dienone is 5. The van der Waals surface area contributed by atoms with Gasteiger partial charge in [-0.15, -0.1) is 0 Å². The molecule has 0 aromatic carbocycles. The first kappa shape index (κ1) is 17.0. The molecular formula is C17H29O. The van der Waals surface area contributed by atoms with Gasteiger partial charge in [0.05, 0.1) is 6.26 Å². The van der Waals surface area contributed by atoms with Crippen LogP contribution in [0.15, 0.2) is 36.6 Å². The van der Waals surface area contributed by atoms with E-state index in [9.17, 15) is 0 Å². The second-order valence-corrected chi connectivity index (χ2v) is 4.57. The maximum Gasteiger partial charge on any atom is 0.121 e. The molecule has 0 N–H and O–H groups in total. The summed E-state index contributed by atoms with van der Waals surface area (Å²) in [4.78, 5) is 0. The van der Waals surface area contributed by atoms with Gasteiger partial charge in [0.25, 0.3) is 0 Å². The van der Waals surface area contributed by atoms with Crippen LogP contribution < -0.4 is 0 Å². The average Bonchev–Trinajstić information content (AvgIpc) is 2.39. The van der Waals surface area contributed by atoms with Crippen molar-refractivity contribution in [1.82, 2.24) is 0 Å². The number of rotatable bonds is 12. The fraction of sp³-hybridized carbons (Fsp3) is 0.588. The van der Waals surface area contributed by atoms with Gasteiger partial charge in [-0.3, -0.25) is 0 Å². The van der Waals surface area contributed by atoms with Gasteiger partial charge in [0.15, 0.2) is 0 Å². The van der Waals surface area contributed by atoms with Gasteiger partial charge in [-0.05, 0) is 18.9 Å². The Labute approximate surface area is 114 Å². The van der Waals surface area contributed by atoms with Crippen molar-refractivity contribution in [2.45, 2.75) is 64.7 Å². The van der Waals surface area contributed by atoms with Gasteiger partial charge in [-0.25, -0.2) is 0 Å². The van der Waals surface area contributed by atoms with Crippen molar-refractivity contribution in [3.05, 3.63) is 43.8 Å². The topological polar surface area (TPSA) is 9.23 Å². The molecule has 0 unspecified atom stereocenters. The Balaban J connectivity index is 3.17. The first-order chi connectivity index (χ1) is 8.91. The van der Waals surface area contributed by atoms with Crippen molar-refractivity contribution >= 4 is 0 Å². The van der Waals surface area contributed by atoms with E-state index in [4.69, 9.17) is 0 Å². The van der Waals surface area contributed by atoms with E-state index in [1.165, 1.54) is 57.8 Å². The summed E-state index contributed by atoms with van der Waals surface area (Å²) in [6.45, 7) is 2.27. The minimum atomic E-state index is 1.19. The molecule has 0 fully saturated rings. The molecule has 103 valence electrons. The van der Waals surface area contributed by atoms with E-state index in [0.717, 1.165) is 0 Å². The molecule has 1 heteroatoms. The van der Waals surface area contributed by atoms with Crippen molar-refractivity contribution < 1.29 is 4.74 Å². The number of hydrogen-bond donors (Lipinski definition) is 0. The minimum absolute atomic E-state index is 1.19. The lowest BCUT2D eigenvalue weighted by molar-refractivity contribution is 0.394. The standard InChI is InChI=1S/C17H29O/c1-3-4-5-6-7-8-9-10-11-12-13-14-15-16-17-18-2/h12-17H,2-11H2,1H3. The van der Waals surface area contributed by atoms with E-state index in [-0.39, 0.29) is 0 Å². The Morgan fingerprint density at radius 1 is 0.778 bits per heavy atom. The van der Waals surface area contributed by atoms with E-state index >= 15 is 0 Å². The summed E-state index contributed by atoms with van der Waals surface area (Å²) in [5, 5.41) is 0. The third kappa shape index (κ3) is 15.0. The molecule has 0 spiro atoms. The predicted molar refractivity (Wildman–Crippen MR) is 81.1 cm³/mol. The van der Waals surface area contributed by atoms with Crippen molar-refractivity contribution in [2.75, 3.05) is 0 Å². The molecule has 0 rings (SSSR count). The number of ether oxygens (including phenoxy) is 1. The van der Waals surface area contributed by atoms with Crippen LogP contribution in [0.25, 0.3) is 0 Å². The SMILES string of the molecule is [CH2]OC=CC=CC=CCCCCCCCCCC. The largest absolute Gasteiger partial charge is 0.498 e.